The van der Waals surface area contributed by atoms with Crippen molar-refractivity contribution in [1.82, 2.24) is 10.2 Å². The Kier molecular flexibility index (Phi) is 7.35. The van der Waals surface area contributed by atoms with E-state index in [2.05, 4.69) is 10.6 Å². The molecule has 1 fully saturated rings. The molecule has 6 nitrogen and oxygen atoms in total. The van der Waals surface area contributed by atoms with E-state index in [1.165, 1.54) is 0 Å². The number of benzene rings is 2. The smallest absolute Gasteiger partial charge is 0.253 e. The lowest BCUT2D eigenvalue weighted by Gasteiger charge is -2.21. The molecule has 1 heterocycles. The number of nitrogens with one attached hydrogen (secondary N) is 2. The first-order valence-corrected chi connectivity index (χ1v) is 11.2. The van der Waals surface area contributed by atoms with Crippen LogP contribution < -0.4 is 10.6 Å². The average Bonchev–Trinajstić information content (AvgIpc) is 3.49. The van der Waals surface area contributed by atoms with Crippen LogP contribution in [-0.4, -0.2) is 29.3 Å². The van der Waals surface area contributed by atoms with Gasteiger partial charge >= 0.3 is 0 Å². The van der Waals surface area contributed by atoms with Gasteiger partial charge in [0.05, 0.1) is 30.6 Å². The number of furan rings is 1. The molecule has 0 bridgehead atoms. The molecule has 1 saturated carbocycles. The Balaban J connectivity index is 1.43. The first-order chi connectivity index (χ1) is 15.7. The number of hydrogen-bond acceptors (Lipinski definition) is 4. The summed E-state index contributed by atoms with van der Waals surface area (Å²) in [5, 5.41) is 6.04. The van der Waals surface area contributed by atoms with E-state index in [0.717, 1.165) is 37.0 Å². The molecule has 6 heteroatoms. The number of nitrogens with zero attached hydrogens (tertiary/aromatic N) is 1. The minimum Gasteiger partial charge on any atom is -0.468 e. The largest absolute Gasteiger partial charge is 0.468 e. The zero-order chi connectivity index (χ0) is 22.2. The van der Waals surface area contributed by atoms with E-state index in [4.69, 9.17) is 4.42 Å². The minimum atomic E-state index is -0.173. The maximum absolute atomic E-state index is 12.9. The van der Waals surface area contributed by atoms with Crippen molar-refractivity contribution in [2.75, 3.05) is 11.9 Å². The first-order valence-electron chi connectivity index (χ1n) is 11.2. The fourth-order valence-electron chi connectivity index (χ4n) is 4.15. The van der Waals surface area contributed by atoms with Crippen LogP contribution in [-0.2, 0) is 17.9 Å². The Morgan fingerprint density at radius 1 is 0.906 bits per heavy atom. The Hall–Kier alpha value is -3.38. The maximum atomic E-state index is 12.9. The highest BCUT2D eigenvalue weighted by atomic mass is 16.3. The Labute approximate surface area is 188 Å². The van der Waals surface area contributed by atoms with Crippen molar-refractivity contribution in [3.8, 4) is 0 Å². The number of rotatable bonds is 9. The van der Waals surface area contributed by atoms with Crippen LogP contribution >= 0.6 is 0 Å². The molecule has 0 saturated heterocycles. The van der Waals surface area contributed by atoms with Gasteiger partial charge in [-0.2, -0.15) is 0 Å². The van der Waals surface area contributed by atoms with Gasteiger partial charge < -0.3 is 15.1 Å². The van der Waals surface area contributed by atoms with Gasteiger partial charge in [0.2, 0.25) is 5.91 Å². The standard InChI is InChI=1S/C26H29N3O3/c30-25(19-29(18-22-13-8-16-32-22)17-20-9-2-1-3-10-20)28-24-15-7-6-14-23(24)26(31)27-21-11-4-5-12-21/h1-3,6-10,13-16,21H,4-5,11-12,17-19H2,(H,27,31)(H,28,30). The lowest BCUT2D eigenvalue weighted by atomic mass is 10.1. The van der Waals surface area contributed by atoms with Gasteiger partial charge in [0, 0.05) is 12.6 Å². The molecule has 2 aromatic carbocycles. The lowest BCUT2D eigenvalue weighted by Crippen LogP contribution is -2.35. The first kappa shape index (κ1) is 21.8. The third-order valence-electron chi connectivity index (χ3n) is 5.71. The van der Waals surface area contributed by atoms with Gasteiger partial charge in [0.1, 0.15) is 5.76 Å². The summed E-state index contributed by atoms with van der Waals surface area (Å²) in [5.74, 6) is 0.489. The molecule has 32 heavy (non-hydrogen) atoms. The third kappa shape index (κ3) is 6.08. The van der Waals surface area contributed by atoms with Crippen molar-refractivity contribution in [3.63, 3.8) is 0 Å². The fourth-order valence-corrected chi connectivity index (χ4v) is 4.15. The van der Waals surface area contributed by atoms with Gasteiger partial charge in [0.15, 0.2) is 0 Å². The highest BCUT2D eigenvalue weighted by Crippen LogP contribution is 2.20. The van der Waals surface area contributed by atoms with Crippen molar-refractivity contribution >= 4 is 17.5 Å². The predicted octanol–water partition coefficient (Wildman–Crippen LogP) is 4.59. The van der Waals surface area contributed by atoms with Crippen LogP contribution in [0.25, 0.3) is 0 Å². The van der Waals surface area contributed by atoms with Crippen molar-refractivity contribution in [2.45, 2.75) is 44.8 Å². The van der Waals surface area contributed by atoms with Crippen LogP contribution in [0.5, 0.6) is 0 Å². The zero-order valence-corrected chi connectivity index (χ0v) is 18.1. The van der Waals surface area contributed by atoms with Crippen LogP contribution in [0.15, 0.2) is 77.4 Å². The van der Waals surface area contributed by atoms with E-state index in [1.807, 2.05) is 59.5 Å². The van der Waals surface area contributed by atoms with Crippen LogP contribution in [0.1, 0.15) is 47.4 Å². The summed E-state index contributed by atoms with van der Waals surface area (Å²) in [6.07, 6.45) is 5.96. The van der Waals surface area contributed by atoms with Crippen LogP contribution in [0, 0.1) is 0 Å². The molecule has 0 atom stereocenters. The molecule has 2 amide bonds. The molecule has 0 aliphatic heterocycles. The van der Waals surface area contributed by atoms with E-state index in [1.54, 1.807) is 18.4 Å². The molecule has 166 valence electrons. The summed E-state index contributed by atoms with van der Waals surface area (Å²) < 4.78 is 5.49. The van der Waals surface area contributed by atoms with Gasteiger partial charge in [-0.15, -0.1) is 0 Å². The monoisotopic (exact) mass is 431 g/mol. The molecule has 0 radical (unpaired) electrons. The fraction of sp³-hybridized carbons (Fsp3) is 0.308. The summed E-state index contributed by atoms with van der Waals surface area (Å²) in [7, 11) is 0. The van der Waals surface area contributed by atoms with Crippen molar-refractivity contribution < 1.29 is 14.0 Å². The second-order valence-corrected chi connectivity index (χ2v) is 8.26. The molecular weight excluding hydrogens is 402 g/mol. The van der Waals surface area contributed by atoms with Gasteiger partial charge in [0.25, 0.3) is 5.91 Å². The molecule has 4 rings (SSSR count). The zero-order valence-electron chi connectivity index (χ0n) is 18.1. The van der Waals surface area contributed by atoms with Crippen LogP contribution in [0.3, 0.4) is 0 Å². The predicted molar refractivity (Wildman–Crippen MR) is 124 cm³/mol. The maximum Gasteiger partial charge on any atom is 0.253 e. The molecule has 0 spiro atoms. The van der Waals surface area contributed by atoms with E-state index in [-0.39, 0.29) is 24.4 Å². The van der Waals surface area contributed by atoms with Crippen LogP contribution in [0.2, 0.25) is 0 Å². The third-order valence-corrected chi connectivity index (χ3v) is 5.71. The second kappa shape index (κ2) is 10.8. The Morgan fingerprint density at radius 2 is 1.66 bits per heavy atom. The van der Waals surface area contributed by atoms with Gasteiger partial charge in [-0.1, -0.05) is 55.3 Å². The van der Waals surface area contributed by atoms with Crippen molar-refractivity contribution in [3.05, 3.63) is 89.9 Å². The number of para-hydroxylation sites is 1. The SMILES string of the molecule is O=C(CN(Cc1ccccc1)Cc1ccco1)Nc1ccccc1C(=O)NC1CCCC1. The lowest BCUT2D eigenvalue weighted by molar-refractivity contribution is -0.117. The molecule has 1 aromatic heterocycles. The number of carbonyl (C=O) groups is 2. The molecule has 2 N–H and O–H groups in total. The number of anilines is 1. The normalized spacial score (nSPS) is 13.9. The minimum absolute atomic E-state index is 0.135. The molecule has 1 aliphatic carbocycles. The van der Waals surface area contributed by atoms with E-state index in [0.29, 0.717) is 24.3 Å². The Bertz CT molecular complexity index is 1010. The summed E-state index contributed by atoms with van der Waals surface area (Å²) in [6, 6.07) is 21.2. The Morgan fingerprint density at radius 3 is 2.41 bits per heavy atom. The highest BCUT2D eigenvalue weighted by molar-refractivity contribution is 6.04. The van der Waals surface area contributed by atoms with Gasteiger partial charge in [-0.05, 0) is 42.7 Å². The van der Waals surface area contributed by atoms with Crippen molar-refractivity contribution in [1.29, 1.82) is 0 Å². The molecule has 3 aromatic rings. The van der Waals surface area contributed by atoms with Crippen LogP contribution in [0.4, 0.5) is 5.69 Å². The number of carbonyl (C=O) groups excluding carboxylic acids is 2. The number of amides is 2. The van der Waals surface area contributed by atoms with E-state index >= 15 is 0 Å². The highest BCUT2D eigenvalue weighted by Gasteiger charge is 2.21. The molecule has 1 aliphatic rings. The van der Waals surface area contributed by atoms with Gasteiger partial charge in [-0.25, -0.2) is 0 Å². The van der Waals surface area contributed by atoms with Crippen molar-refractivity contribution in [2.24, 2.45) is 0 Å². The van der Waals surface area contributed by atoms with E-state index in [9.17, 15) is 9.59 Å². The van der Waals surface area contributed by atoms with Gasteiger partial charge in [-0.3, -0.25) is 14.5 Å². The summed E-state index contributed by atoms with van der Waals surface area (Å²) in [5.41, 5.74) is 2.14. The van der Waals surface area contributed by atoms with E-state index < -0.39 is 0 Å². The summed E-state index contributed by atoms with van der Waals surface area (Å²) in [4.78, 5) is 27.8. The number of hydrogen-bond donors (Lipinski definition) is 2. The average molecular weight is 432 g/mol. The molecular formula is C26H29N3O3. The molecule has 0 unspecified atom stereocenters. The summed E-state index contributed by atoms with van der Waals surface area (Å²) in [6.45, 7) is 1.30. The topological polar surface area (TPSA) is 74.6 Å². The second-order valence-electron chi connectivity index (χ2n) is 8.26. The quantitative estimate of drug-likeness (QED) is 0.520. The summed E-state index contributed by atoms with van der Waals surface area (Å²) >= 11 is 0.